The van der Waals surface area contributed by atoms with Crippen molar-refractivity contribution in [2.45, 2.75) is 58.3 Å². The Labute approximate surface area is 178 Å². The van der Waals surface area contributed by atoms with Crippen LogP contribution in [-0.4, -0.2) is 80.2 Å². The van der Waals surface area contributed by atoms with Crippen LogP contribution >= 0.6 is 0 Å². The van der Waals surface area contributed by atoms with Gasteiger partial charge in [-0.3, -0.25) is 24.0 Å². The van der Waals surface area contributed by atoms with Crippen LogP contribution in [0.4, 0.5) is 0 Å². The summed E-state index contributed by atoms with van der Waals surface area (Å²) < 4.78 is 31.1. The van der Waals surface area contributed by atoms with E-state index in [1.165, 1.54) is 0 Å². The van der Waals surface area contributed by atoms with Gasteiger partial charge in [0.25, 0.3) is 0 Å². The van der Waals surface area contributed by atoms with E-state index >= 15 is 0 Å². The number of hydrogen-bond donors (Lipinski definition) is 1. The molecule has 12 heteroatoms. The number of rotatable bonds is 9. The van der Waals surface area contributed by atoms with Gasteiger partial charge in [0.05, 0.1) is 0 Å². The summed E-state index contributed by atoms with van der Waals surface area (Å²) in [5, 5.41) is 2.47. The lowest BCUT2D eigenvalue weighted by Crippen LogP contribution is -2.67. The second kappa shape index (κ2) is 12.5. The minimum Gasteiger partial charge on any atom is -0.463 e. The van der Waals surface area contributed by atoms with Gasteiger partial charge in [0.1, 0.15) is 32.0 Å². The summed E-state index contributed by atoms with van der Waals surface area (Å²) in [4.78, 5) is 58.4. The van der Waals surface area contributed by atoms with E-state index < -0.39 is 73.6 Å². The molecule has 12 nitrogen and oxygen atoms in total. The molecule has 1 amide bonds. The fraction of sp³-hybridized carbons (Fsp3) is 0.632. The van der Waals surface area contributed by atoms with Crippen molar-refractivity contribution < 1.29 is 52.4 Å². The van der Waals surface area contributed by atoms with Crippen LogP contribution in [0.1, 0.15) is 27.7 Å². The van der Waals surface area contributed by atoms with Gasteiger partial charge in [-0.2, -0.15) is 0 Å². The molecule has 0 spiro atoms. The van der Waals surface area contributed by atoms with Crippen molar-refractivity contribution in [1.29, 1.82) is 0 Å². The van der Waals surface area contributed by atoms with E-state index in [1.54, 1.807) is 0 Å². The maximum atomic E-state index is 12.3. The summed E-state index contributed by atoms with van der Waals surface area (Å²) in [6.07, 6.45) is -0.236. The molecule has 1 aliphatic rings. The Morgan fingerprint density at radius 2 is 1.48 bits per heavy atom. The van der Waals surface area contributed by atoms with Crippen LogP contribution in [0.25, 0.3) is 0 Å². The third-order valence-corrected chi connectivity index (χ3v) is 3.73. The lowest BCUT2D eigenvalue weighted by atomic mass is 9.96. The molecule has 1 fully saturated rings. The lowest BCUT2D eigenvalue weighted by Gasteiger charge is -2.44. The Hall–Kier alpha value is -3.17. The van der Waals surface area contributed by atoms with Crippen molar-refractivity contribution >= 4 is 29.8 Å². The van der Waals surface area contributed by atoms with Crippen LogP contribution in [-0.2, 0) is 52.4 Å². The van der Waals surface area contributed by atoms with E-state index in [-0.39, 0.29) is 6.61 Å². The Balaban J connectivity index is 3.26. The van der Waals surface area contributed by atoms with Crippen LogP contribution in [0.5, 0.6) is 0 Å². The van der Waals surface area contributed by atoms with Crippen LogP contribution < -0.4 is 5.32 Å². The molecule has 0 aliphatic carbocycles. The fourth-order valence-electron chi connectivity index (χ4n) is 2.75. The van der Waals surface area contributed by atoms with E-state index in [1.807, 2.05) is 0 Å². The summed E-state index contributed by atoms with van der Waals surface area (Å²) in [5.41, 5.74) is 0. The summed E-state index contributed by atoms with van der Waals surface area (Å²) in [6.45, 7) is 3.46. The van der Waals surface area contributed by atoms with Gasteiger partial charge in [0.15, 0.2) is 12.2 Å². The standard InChI is InChI=1S/C19H25NO11/c1-6-7-26-9-15(25)20-16-18(29-12(4)23)17(28-11(3)22)14(8-27-10(2)21)31-19(16)30-13(5)24/h1,14,16-19H,7-9H2,2-5H3,(H,20,25)/t14-,16+,17-,18-,19+/m1/s1. The Morgan fingerprint density at radius 3 is 2.00 bits per heavy atom. The third kappa shape index (κ3) is 9.02. The average Bonchev–Trinajstić information content (AvgIpc) is 2.64. The van der Waals surface area contributed by atoms with Crippen LogP contribution in [0.2, 0.25) is 0 Å². The topological polar surface area (TPSA) is 153 Å². The van der Waals surface area contributed by atoms with E-state index in [0.29, 0.717) is 0 Å². The minimum absolute atomic E-state index is 0.129. The Morgan fingerprint density at radius 1 is 0.903 bits per heavy atom. The second-order valence-corrected chi connectivity index (χ2v) is 6.39. The number of ether oxygens (including phenoxy) is 6. The molecule has 1 aliphatic heterocycles. The van der Waals surface area contributed by atoms with Gasteiger partial charge in [-0.05, 0) is 0 Å². The maximum absolute atomic E-state index is 12.3. The first-order chi connectivity index (χ1) is 14.5. The van der Waals surface area contributed by atoms with E-state index in [4.69, 9.17) is 34.8 Å². The molecular formula is C19H25NO11. The van der Waals surface area contributed by atoms with E-state index in [0.717, 1.165) is 27.7 Å². The third-order valence-electron chi connectivity index (χ3n) is 3.73. The van der Waals surface area contributed by atoms with Gasteiger partial charge in [-0.15, -0.1) is 6.42 Å². The van der Waals surface area contributed by atoms with Gasteiger partial charge in [0, 0.05) is 27.7 Å². The van der Waals surface area contributed by atoms with Crippen molar-refractivity contribution in [3.63, 3.8) is 0 Å². The fourth-order valence-corrected chi connectivity index (χ4v) is 2.75. The van der Waals surface area contributed by atoms with Crippen molar-refractivity contribution in [3.8, 4) is 12.3 Å². The molecule has 1 heterocycles. The predicted molar refractivity (Wildman–Crippen MR) is 99.8 cm³/mol. The molecule has 0 bridgehead atoms. The largest absolute Gasteiger partial charge is 0.463 e. The molecule has 1 saturated heterocycles. The zero-order chi connectivity index (χ0) is 23.6. The number of nitrogens with one attached hydrogen (secondary N) is 1. The van der Waals surface area contributed by atoms with Crippen molar-refractivity contribution in [1.82, 2.24) is 5.32 Å². The second-order valence-electron chi connectivity index (χ2n) is 6.39. The van der Waals surface area contributed by atoms with Crippen LogP contribution in [0.15, 0.2) is 0 Å². The highest BCUT2D eigenvalue weighted by Gasteiger charge is 2.52. The van der Waals surface area contributed by atoms with Gasteiger partial charge < -0.3 is 33.7 Å². The molecule has 1 rings (SSSR count). The molecule has 1 N–H and O–H groups in total. The Kier molecular flexibility index (Phi) is 10.4. The molecular weight excluding hydrogens is 418 g/mol. The maximum Gasteiger partial charge on any atom is 0.305 e. The van der Waals surface area contributed by atoms with Crippen molar-refractivity contribution in [3.05, 3.63) is 0 Å². The molecule has 0 aromatic carbocycles. The SMILES string of the molecule is C#CCOCC(=O)N[C@@H]1[C@@H](OC(C)=O)O[C@H](COC(C)=O)[C@@H](OC(C)=O)[C@@H]1OC(C)=O. The summed E-state index contributed by atoms with van der Waals surface area (Å²) >= 11 is 0. The molecule has 5 atom stereocenters. The van der Waals surface area contributed by atoms with Gasteiger partial charge in [0.2, 0.25) is 12.2 Å². The normalized spacial score (nSPS) is 24.8. The minimum atomic E-state index is -1.47. The molecule has 0 unspecified atom stereocenters. The highest BCUT2D eigenvalue weighted by atomic mass is 16.7. The van der Waals surface area contributed by atoms with Crippen molar-refractivity contribution in [2.75, 3.05) is 19.8 Å². The average molecular weight is 443 g/mol. The predicted octanol–water partition coefficient (Wildman–Crippen LogP) is -1.16. The monoisotopic (exact) mass is 443 g/mol. The number of hydrogen-bond acceptors (Lipinski definition) is 11. The number of terminal acetylenes is 1. The molecule has 0 aromatic rings. The van der Waals surface area contributed by atoms with Crippen LogP contribution in [0.3, 0.4) is 0 Å². The molecule has 0 radical (unpaired) electrons. The summed E-state index contributed by atoms with van der Waals surface area (Å²) in [5.74, 6) is -1.47. The molecule has 31 heavy (non-hydrogen) atoms. The van der Waals surface area contributed by atoms with Gasteiger partial charge >= 0.3 is 23.9 Å². The summed E-state index contributed by atoms with van der Waals surface area (Å²) in [7, 11) is 0. The van der Waals surface area contributed by atoms with Crippen molar-refractivity contribution in [2.24, 2.45) is 0 Å². The Bertz CT molecular complexity index is 729. The first kappa shape index (κ1) is 25.9. The van der Waals surface area contributed by atoms with E-state index in [9.17, 15) is 24.0 Å². The number of carbonyl (C=O) groups excluding carboxylic acids is 5. The molecule has 0 aromatic heterocycles. The number of amides is 1. The zero-order valence-electron chi connectivity index (χ0n) is 17.6. The van der Waals surface area contributed by atoms with E-state index in [2.05, 4.69) is 11.2 Å². The van der Waals surface area contributed by atoms with Crippen LogP contribution in [0, 0.1) is 12.3 Å². The zero-order valence-corrected chi connectivity index (χ0v) is 17.6. The lowest BCUT2D eigenvalue weighted by molar-refractivity contribution is -0.271. The van der Waals surface area contributed by atoms with Gasteiger partial charge in [-0.1, -0.05) is 5.92 Å². The number of esters is 4. The first-order valence-electron chi connectivity index (χ1n) is 9.16. The highest BCUT2D eigenvalue weighted by molar-refractivity contribution is 5.78. The smallest absolute Gasteiger partial charge is 0.305 e. The molecule has 0 saturated carbocycles. The molecule has 172 valence electrons. The quantitative estimate of drug-likeness (QED) is 0.199. The first-order valence-corrected chi connectivity index (χ1v) is 9.16. The van der Waals surface area contributed by atoms with Gasteiger partial charge in [-0.25, -0.2) is 0 Å². The summed E-state index contributed by atoms with van der Waals surface area (Å²) in [6, 6.07) is -1.28. The number of carbonyl (C=O) groups is 5. The highest BCUT2D eigenvalue weighted by Crippen LogP contribution is 2.28.